The second-order valence-corrected chi connectivity index (χ2v) is 5.76. The monoisotopic (exact) mass is 190 g/mol. The Balaban J connectivity index is 2.30. The van der Waals surface area contributed by atoms with E-state index in [4.69, 9.17) is 4.18 Å². The summed E-state index contributed by atoms with van der Waals surface area (Å²) < 4.78 is 27.4. The third-order valence-electron chi connectivity index (χ3n) is 3.17. The van der Waals surface area contributed by atoms with Gasteiger partial charge in [-0.15, -0.1) is 0 Å². The Morgan fingerprint density at radius 2 is 2.00 bits per heavy atom. The molecular weight excluding hydrogens is 176 g/mol. The Morgan fingerprint density at radius 1 is 1.33 bits per heavy atom. The Bertz CT molecular complexity index is 283. The number of fused-ring (bicyclic) bond motifs is 2. The maximum absolute atomic E-state index is 11.2. The minimum Gasteiger partial charge on any atom is -0.266 e. The minimum absolute atomic E-state index is 0.0475. The summed E-state index contributed by atoms with van der Waals surface area (Å²) in [6.07, 6.45) is 0.958. The Morgan fingerprint density at radius 3 is 2.58 bits per heavy atom. The Hall–Kier alpha value is -0.0900. The van der Waals surface area contributed by atoms with Crippen molar-refractivity contribution in [2.75, 3.05) is 5.75 Å². The van der Waals surface area contributed by atoms with Crippen molar-refractivity contribution in [3.05, 3.63) is 0 Å². The van der Waals surface area contributed by atoms with Crippen LogP contribution < -0.4 is 0 Å². The zero-order chi connectivity index (χ0) is 8.93. The molecule has 12 heavy (non-hydrogen) atoms. The van der Waals surface area contributed by atoms with Gasteiger partial charge in [-0.2, -0.15) is 8.42 Å². The van der Waals surface area contributed by atoms with Crippen molar-refractivity contribution in [2.24, 2.45) is 17.8 Å². The van der Waals surface area contributed by atoms with Crippen LogP contribution in [-0.2, 0) is 14.3 Å². The van der Waals surface area contributed by atoms with Gasteiger partial charge in [-0.1, -0.05) is 13.8 Å². The summed E-state index contributed by atoms with van der Waals surface area (Å²) >= 11 is 0. The maximum atomic E-state index is 11.2. The molecule has 1 saturated carbocycles. The van der Waals surface area contributed by atoms with Crippen LogP contribution in [0.1, 0.15) is 20.3 Å². The van der Waals surface area contributed by atoms with Crippen LogP contribution in [0.4, 0.5) is 0 Å². The number of hydrogen-bond donors (Lipinski definition) is 0. The van der Waals surface area contributed by atoms with Crippen LogP contribution in [0.5, 0.6) is 0 Å². The summed E-state index contributed by atoms with van der Waals surface area (Å²) in [6.45, 7) is 4.16. The van der Waals surface area contributed by atoms with Gasteiger partial charge in [0.05, 0.1) is 11.9 Å². The van der Waals surface area contributed by atoms with Gasteiger partial charge < -0.3 is 0 Å². The summed E-state index contributed by atoms with van der Waals surface area (Å²) in [4.78, 5) is 0. The lowest BCUT2D eigenvalue weighted by molar-refractivity contribution is 0.117. The molecule has 3 nitrogen and oxygen atoms in total. The topological polar surface area (TPSA) is 43.4 Å². The molecule has 2 aliphatic rings. The molecule has 4 unspecified atom stereocenters. The lowest BCUT2D eigenvalue weighted by atomic mass is 9.99. The fourth-order valence-corrected chi connectivity index (χ4v) is 4.23. The van der Waals surface area contributed by atoms with Crippen LogP contribution >= 0.6 is 0 Å². The molecule has 70 valence electrons. The van der Waals surface area contributed by atoms with Crippen molar-refractivity contribution >= 4 is 10.1 Å². The molecule has 0 radical (unpaired) electrons. The van der Waals surface area contributed by atoms with Gasteiger partial charge in [0, 0.05) is 0 Å². The summed E-state index contributed by atoms with van der Waals surface area (Å²) in [5, 5.41) is 0. The standard InChI is InChI=1S/C8H14O3S/c1-5-3-7-4-12(9,10)11-8(5)6(7)2/h5-8H,3-4H2,1-2H3. The van der Waals surface area contributed by atoms with Crippen molar-refractivity contribution in [1.82, 2.24) is 0 Å². The molecule has 0 aromatic heterocycles. The highest BCUT2D eigenvalue weighted by molar-refractivity contribution is 7.86. The van der Waals surface area contributed by atoms with E-state index in [0.717, 1.165) is 6.42 Å². The molecule has 0 spiro atoms. The van der Waals surface area contributed by atoms with Gasteiger partial charge in [-0.25, -0.2) is 0 Å². The molecule has 0 aromatic carbocycles. The fourth-order valence-electron chi connectivity index (χ4n) is 2.49. The molecule has 1 aliphatic heterocycles. The second-order valence-electron chi connectivity index (χ2n) is 4.12. The molecule has 0 N–H and O–H groups in total. The first-order valence-corrected chi connectivity index (χ1v) is 5.98. The average Bonchev–Trinajstić information content (AvgIpc) is 2.16. The molecule has 2 rings (SSSR count). The smallest absolute Gasteiger partial charge is 0.266 e. The van der Waals surface area contributed by atoms with Crippen molar-refractivity contribution in [2.45, 2.75) is 26.4 Å². The van der Waals surface area contributed by atoms with Crippen LogP contribution in [0.3, 0.4) is 0 Å². The van der Waals surface area contributed by atoms with Crippen LogP contribution in [0, 0.1) is 17.8 Å². The molecule has 2 fully saturated rings. The molecule has 2 bridgehead atoms. The van der Waals surface area contributed by atoms with Crippen molar-refractivity contribution in [3.63, 3.8) is 0 Å². The zero-order valence-corrected chi connectivity index (χ0v) is 8.17. The largest absolute Gasteiger partial charge is 0.267 e. The fraction of sp³-hybridized carbons (Fsp3) is 1.00. The van der Waals surface area contributed by atoms with Crippen molar-refractivity contribution in [3.8, 4) is 0 Å². The molecule has 4 atom stereocenters. The van der Waals surface area contributed by atoms with Crippen LogP contribution in [0.2, 0.25) is 0 Å². The van der Waals surface area contributed by atoms with Gasteiger partial charge >= 0.3 is 0 Å². The van der Waals surface area contributed by atoms with Gasteiger partial charge in [-0.3, -0.25) is 4.18 Å². The zero-order valence-electron chi connectivity index (χ0n) is 7.36. The van der Waals surface area contributed by atoms with Crippen molar-refractivity contribution in [1.29, 1.82) is 0 Å². The van der Waals surface area contributed by atoms with Gasteiger partial charge in [-0.05, 0) is 24.2 Å². The highest BCUT2D eigenvalue weighted by Gasteiger charge is 2.47. The van der Waals surface area contributed by atoms with Crippen LogP contribution in [0.25, 0.3) is 0 Å². The molecule has 1 aliphatic carbocycles. The van der Waals surface area contributed by atoms with E-state index in [-0.39, 0.29) is 11.9 Å². The van der Waals surface area contributed by atoms with E-state index in [2.05, 4.69) is 13.8 Å². The van der Waals surface area contributed by atoms with E-state index >= 15 is 0 Å². The van der Waals surface area contributed by atoms with E-state index < -0.39 is 10.1 Å². The van der Waals surface area contributed by atoms with Gasteiger partial charge in [0.25, 0.3) is 10.1 Å². The van der Waals surface area contributed by atoms with Crippen LogP contribution in [-0.4, -0.2) is 20.3 Å². The number of hydrogen-bond acceptors (Lipinski definition) is 3. The molecule has 1 saturated heterocycles. The van der Waals surface area contributed by atoms with E-state index in [1.165, 1.54) is 0 Å². The third-order valence-corrected chi connectivity index (χ3v) is 4.52. The predicted octanol–water partition coefficient (Wildman–Crippen LogP) is 1.01. The Kier molecular flexibility index (Phi) is 1.74. The molecule has 0 amide bonds. The highest BCUT2D eigenvalue weighted by Crippen LogP contribution is 2.43. The highest BCUT2D eigenvalue weighted by atomic mass is 32.2. The SMILES string of the molecule is CC1CC2CS(=O)(=O)OC1C2C. The first-order chi connectivity index (χ1) is 5.49. The first kappa shape index (κ1) is 8.51. The van der Waals surface area contributed by atoms with Crippen molar-refractivity contribution < 1.29 is 12.6 Å². The summed E-state index contributed by atoms with van der Waals surface area (Å²) in [7, 11) is -3.18. The number of rotatable bonds is 0. The lowest BCUT2D eigenvalue weighted by Gasteiger charge is -2.27. The van der Waals surface area contributed by atoms with E-state index in [1.54, 1.807) is 0 Å². The van der Waals surface area contributed by atoms with Crippen LogP contribution in [0.15, 0.2) is 0 Å². The van der Waals surface area contributed by atoms with Gasteiger partial charge in [0.15, 0.2) is 0 Å². The van der Waals surface area contributed by atoms with E-state index in [1.807, 2.05) is 0 Å². The Labute approximate surface area is 73.2 Å². The second kappa shape index (κ2) is 2.45. The third kappa shape index (κ3) is 1.17. The quantitative estimate of drug-likeness (QED) is 0.535. The molecule has 1 heterocycles. The van der Waals surface area contributed by atoms with Gasteiger partial charge in [0.1, 0.15) is 0 Å². The average molecular weight is 190 g/mol. The molecular formula is C8H14O3S. The molecule has 4 heteroatoms. The van der Waals surface area contributed by atoms with Gasteiger partial charge in [0.2, 0.25) is 0 Å². The summed E-state index contributed by atoms with van der Waals surface area (Å²) in [5.41, 5.74) is 0. The summed E-state index contributed by atoms with van der Waals surface area (Å²) in [6, 6.07) is 0. The normalized spacial score (nSPS) is 50.8. The van der Waals surface area contributed by atoms with E-state index in [9.17, 15) is 8.42 Å². The lowest BCUT2D eigenvalue weighted by Crippen LogP contribution is -2.35. The minimum atomic E-state index is -3.18. The van der Waals surface area contributed by atoms with E-state index in [0.29, 0.717) is 17.8 Å². The maximum Gasteiger partial charge on any atom is 0.267 e. The first-order valence-electron chi connectivity index (χ1n) is 4.40. The predicted molar refractivity (Wildman–Crippen MR) is 45.1 cm³/mol. The summed E-state index contributed by atoms with van der Waals surface area (Å²) in [5.74, 6) is 1.39. The molecule has 0 aromatic rings.